The minimum atomic E-state index is -1.08. The Morgan fingerprint density at radius 1 is 0.923 bits per heavy atom. The van der Waals surface area contributed by atoms with Crippen LogP contribution in [-0.2, 0) is 28.0 Å². The van der Waals surface area contributed by atoms with E-state index in [-0.39, 0.29) is 24.3 Å². The van der Waals surface area contributed by atoms with E-state index in [0.717, 1.165) is 45.0 Å². The van der Waals surface area contributed by atoms with Crippen molar-refractivity contribution in [3.05, 3.63) is 107 Å². The number of carbonyl (C=O) groups excluding carboxylic acids is 2. The summed E-state index contributed by atoms with van der Waals surface area (Å²) in [6.45, 7) is 5.16. The van der Waals surface area contributed by atoms with Gasteiger partial charge in [-0.2, -0.15) is 0 Å². The molecule has 1 fully saturated rings. The number of aryl methyl sites for hydroxylation is 1. The standard InChI is InChI=1S/C33H32N4O2/c1-3-21-12-14-22(15-13-21)26-19-37-29(38)20-36(17-16-23-18-34-27-10-6-4-8-24(23)27)32(39)33(37,2)31-30(26)25-9-5-7-11-28(25)35-31/h4-15,18,26,34-35H,3,16-17,19-20H2,1-2H3/t26?,33-/m0/s1. The van der Waals surface area contributed by atoms with Crippen molar-refractivity contribution in [2.24, 2.45) is 0 Å². The molecule has 2 atom stereocenters. The molecular formula is C33H32N4O2. The van der Waals surface area contributed by atoms with E-state index in [4.69, 9.17) is 0 Å². The number of amides is 2. The Kier molecular flexibility index (Phi) is 5.41. The summed E-state index contributed by atoms with van der Waals surface area (Å²) in [4.78, 5) is 38.6. The Morgan fingerprint density at radius 3 is 2.41 bits per heavy atom. The van der Waals surface area contributed by atoms with Crippen molar-refractivity contribution < 1.29 is 9.59 Å². The van der Waals surface area contributed by atoms with E-state index in [9.17, 15) is 9.59 Å². The Bertz CT molecular complexity index is 1730. The van der Waals surface area contributed by atoms with Gasteiger partial charge in [-0.05, 0) is 54.2 Å². The summed E-state index contributed by atoms with van der Waals surface area (Å²) in [5, 5.41) is 2.28. The second kappa shape index (κ2) is 8.87. The van der Waals surface area contributed by atoms with Gasteiger partial charge in [0, 0.05) is 47.0 Å². The van der Waals surface area contributed by atoms with Crippen molar-refractivity contribution in [3.63, 3.8) is 0 Å². The second-order valence-corrected chi connectivity index (χ2v) is 11.0. The molecule has 5 aromatic rings. The molecule has 2 amide bonds. The van der Waals surface area contributed by atoms with Crippen molar-refractivity contribution in [1.82, 2.24) is 19.8 Å². The van der Waals surface area contributed by atoms with Crippen LogP contribution in [-0.4, -0.2) is 51.2 Å². The average molecular weight is 517 g/mol. The van der Waals surface area contributed by atoms with Crippen LogP contribution < -0.4 is 0 Å². The first-order valence-electron chi connectivity index (χ1n) is 13.8. The van der Waals surface area contributed by atoms with Crippen molar-refractivity contribution in [2.75, 3.05) is 19.6 Å². The number of benzene rings is 3. The molecule has 39 heavy (non-hydrogen) atoms. The number of aromatic amines is 2. The Hall–Kier alpha value is -4.32. The van der Waals surface area contributed by atoms with Crippen molar-refractivity contribution in [2.45, 2.75) is 38.1 Å². The van der Waals surface area contributed by atoms with Crippen LogP contribution >= 0.6 is 0 Å². The van der Waals surface area contributed by atoms with Crippen LogP contribution in [0.4, 0.5) is 0 Å². The lowest BCUT2D eigenvalue weighted by atomic mass is 9.76. The van der Waals surface area contributed by atoms with Crippen LogP contribution in [0.3, 0.4) is 0 Å². The summed E-state index contributed by atoms with van der Waals surface area (Å²) >= 11 is 0. The Balaban J connectivity index is 1.29. The number of hydrogen-bond donors (Lipinski definition) is 2. The zero-order valence-corrected chi connectivity index (χ0v) is 22.3. The number of H-pyrrole nitrogens is 2. The van der Waals surface area contributed by atoms with E-state index < -0.39 is 5.54 Å². The Labute approximate surface area is 227 Å². The van der Waals surface area contributed by atoms with Gasteiger partial charge in [0.2, 0.25) is 5.91 Å². The smallest absolute Gasteiger partial charge is 0.254 e. The molecule has 6 heteroatoms. The van der Waals surface area contributed by atoms with Gasteiger partial charge in [-0.25, -0.2) is 0 Å². The molecular weight excluding hydrogens is 484 g/mol. The largest absolute Gasteiger partial charge is 0.361 e. The highest BCUT2D eigenvalue weighted by Gasteiger charge is 2.56. The number of nitrogens with one attached hydrogen (secondary N) is 2. The number of piperazine rings is 1. The Morgan fingerprint density at radius 2 is 1.64 bits per heavy atom. The lowest BCUT2D eigenvalue weighted by Gasteiger charge is -2.51. The monoisotopic (exact) mass is 516 g/mol. The highest BCUT2D eigenvalue weighted by Crippen LogP contribution is 2.48. The molecule has 2 aliphatic heterocycles. The van der Waals surface area contributed by atoms with E-state index in [1.54, 1.807) is 4.90 Å². The molecule has 0 radical (unpaired) electrons. The van der Waals surface area contributed by atoms with E-state index in [1.165, 1.54) is 11.1 Å². The maximum atomic E-state index is 14.3. The van der Waals surface area contributed by atoms with Gasteiger partial charge in [-0.1, -0.05) is 67.6 Å². The molecule has 0 spiro atoms. The molecule has 4 heterocycles. The van der Waals surface area contributed by atoms with Crippen LogP contribution in [0.15, 0.2) is 79.0 Å². The summed E-state index contributed by atoms with van der Waals surface area (Å²) in [6.07, 6.45) is 3.68. The highest BCUT2D eigenvalue weighted by atomic mass is 16.2. The third-order valence-corrected chi connectivity index (χ3v) is 8.93. The molecule has 7 rings (SSSR count). The molecule has 2 N–H and O–H groups in total. The molecule has 6 nitrogen and oxygen atoms in total. The lowest BCUT2D eigenvalue weighted by molar-refractivity contribution is -0.166. The topological polar surface area (TPSA) is 72.2 Å². The third-order valence-electron chi connectivity index (χ3n) is 8.93. The van der Waals surface area contributed by atoms with Crippen LogP contribution in [0.25, 0.3) is 21.8 Å². The molecule has 1 unspecified atom stereocenters. The van der Waals surface area contributed by atoms with E-state index in [1.807, 2.05) is 42.3 Å². The predicted octanol–water partition coefficient (Wildman–Crippen LogP) is 5.49. The van der Waals surface area contributed by atoms with E-state index in [2.05, 4.69) is 65.4 Å². The summed E-state index contributed by atoms with van der Waals surface area (Å²) < 4.78 is 0. The summed E-state index contributed by atoms with van der Waals surface area (Å²) in [5.74, 6) is -0.0327. The van der Waals surface area contributed by atoms with E-state index >= 15 is 0 Å². The van der Waals surface area contributed by atoms with Crippen molar-refractivity contribution in [3.8, 4) is 0 Å². The van der Waals surface area contributed by atoms with Gasteiger partial charge >= 0.3 is 0 Å². The normalized spacial score (nSPS) is 21.0. The summed E-state index contributed by atoms with van der Waals surface area (Å²) in [5.41, 5.74) is 6.59. The number of aromatic nitrogens is 2. The van der Waals surface area contributed by atoms with E-state index in [0.29, 0.717) is 19.5 Å². The fraction of sp³-hybridized carbons (Fsp3) is 0.273. The minimum absolute atomic E-state index is 0.00416. The molecule has 0 bridgehead atoms. The van der Waals surface area contributed by atoms with Crippen molar-refractivity contribution >= 4 is 33.6 Å². The predicted molar refractivity (Wildman–Crippen MR) is 154 cm³/mol. The summed E-state index contributed by atoms with van der Waals surface area (Å²) in [7, 11) is 0. The van der Waals surface area contributed by atoms with Gasteiger partial charge in [0.1, 0.15) is 0 Å². The molecule has 196 valence electrons. The van der Waals surface area contributed by atoms with Gasteiger partial charge < -0.3 is 19.8 Å². The molecule has 3 aromatic carbocycles. The van der Waals surface area contributed by atoms with Gasteiger partial charge in [0.25, 0.3) is 5.91 Å². The van der Waals surface area contributed by atoms with Crippen LogP contribution in [0.5, 0.6) is 0 Å². The number of hydrogen-bond acceptors (Lipinski definition) is 2. The SMILES string of the molecule is CCc1ccc(C2CN3C(=O)CN(CCc4c[nH]c5ccccc45)C(=O)[C@]3(C)c3[nH]c4ccccc4c32)cc1. The fourth-order valence-corrected chi connectivity index (χ4v) is 6.74. The summed E-state index contributed by atoms with van der Waals surface area (Å²) in [6, 6.07) is 25.1. The van der Waals surface area contributed by atoms with Gasteiger partial charge in [-0.3, -0.25) is 9.59 Å². The number of rotatable bonds is 5. The highest BCUT2D eigenvalue weighted by molar-refractivity contribution is 6.01. The molecule has 1 saturated heterocycles. The number of carbonyl (C=O) groups is 2. The average Bonchev–Trinajstić information content (AvgIpc) is 3.57. The first-order valence-corrected chi connectivity index (χ1v) is 13.8. The van der Waals surface area contributed by atoms with Crippen LogP contribution in [0.2, 0.25) is 0 Å². The molecule has 2 aromatic heterocycles. The van der Waals surface area contributed by atoms with Crippen molar-refractivity contribution in [1.29, 1.82) is 0 Å². The zero-order valence-electron chi connectivity index (χ0n) is 22.3. The van der Waals surface area contributed by atoms with Crippen LogP contribution in [0, 0.1) is 0 Å². The maximum absolute atomic E-state index is 14.3. The van der Waals surface area contributed by atoms with Gasteiger partial charge in [0.15, 0.2) is 5.54 Å². The number of para-hydroxylation sites is 2. The molecule has 2 aliphatic rings. The minimum Gasteiger partial charge on any atom is -0.361 e. The second-order valence-electron chi connectivity index (χ2n) is 11.0. The third kappa shape index (κ3) is 3.54. The maximum Gasteiger partial charge on any atom is 0.254 e. The quantitative estimate of drug-likeness (QED) is 0.324. The fourth-order valence-electron chi connectivity index (χ4n) is 6.74. The van der Waals surface area contributed by atoms with Crippen LogP contribution in [0.1, 0.15) is 47.7 Å². The molecule has 0 saturated carbocycles. The first kappa shape index (κ1) is 23.8. The van der Waals surface area contributed by atoms with Gasteiger partial charge in [-0.15, -0.1) is 0 Å². The van der Waals surface area contributed by atoms with Gasteiger partial charge in [0.05, 0.1) is 12.2 Å². The first-order chi connectivity index (χ1) is 19.0. The lowest BCUT2D eigenvalue weighted by Crippen LogP contribution is -2.67. The number of nitrogens with zero attached hydrogens (tertiary/aromatic N) is 2. The number of fused-ring (bicyclic) bond motifs is 6. The molecule has 0 aliphatic carbocycles. The zero-order chi connectivity index (χ0) is 26.7.